The molecule has 0 heterocycles. The van der Waals surface area contributed by atoms with Crippen molar-refractivity contribution >= 4 is 29.1 Å². The summed E-state index contributed by atoms with van der Waals surface area (Å²) in [6, 6.07) is 13.4. The number of benzene rings is 2. The van der Waals surface area contributed by atoms with E-state index >= 15 is 0 Å². The van der Waals surface area contributed by atoms with E-state index in [0.717, 1.165) is 6.42 Å². The van der Waals surface area contributed by atoms with Crippen LogP contribution in [0.4, 0.5) is 11.4 Å². The van der Waals surface area contributed by atoms with Crippen molar-refractivity contribution in [3.8, 4) is 0 Å². The highest BCUT2D eigenvalue weighted by molar-refractivity contribution is 6.09. The summed E-state index contributed by atoms with van der Waals surface area (Å²) < 4.78 is 5.25. The van der Waals surface area contributed by atoms with Gasteiger partial charge in [-0.05, 0) is 49.7 Å². The molecule has 0 aliphatic carbocycles. The number of rotatable bonds is 10. The minimum Gasteiger partial charge on any atom is -0.382 e. The Hall–Kier alpha value is -3.19. The van der Waals surface area contributed by atoms with Crippen LogP contribution in [0.1, 0.15) is 47.4 Å². The molecule has 0 aliphatic rings. The van der Waals surface area contributed by atoms with E-state index in [-0.39, 0.29) is 17.7 Å². The number of hydrogen-bond donors (Lipinski definition) is 3. The SMILES string of the molecule is CCOCCCNC(=O)c1ccccc1NC(=O)c1ccc(NC(=O)CC)cc1. The van der Waals surface area contributed by atoms with E-state index in [0.29, 0.717) is 48.7 Å². The van der Waals surface area contributed by atoms with Crippen LogP contribution in [-0.2, 0) is 9.53 Å². The second kappa shape index (κ2) is 11.6. The topological polar surface area (TPSA) is 96.5 Å². The minimum atomic E-state index is -0.338. The van der Waals surface area contributed by atoms with Gasteiger partial charge in [0.2, 0.25) is 5.91 Å². The van der Waals surface area contributed by atoms with E-state index in [1.165, 1.54) is 0 Å². The lowest BCUT2D eigenvalue weighted by Gasteiger charge is -2.12. The van der Waals surface area contributed by atoms with Crippen LogP contribution >= 0.6 is 0 Å². The van der Waals surface area contributed by atoms with E-state index in [9.17, 15) is 14.4 Å². The zero-order chi connectivity index (χ0) is 21.1. The number of nitrogens with one attached hydrogen (secondary N) is 3. The predicted octanol–water partition coefficient (Wildman–Crippen LogP) is 3.44. The first kappa shape index (κ1) is 22.1. The Bertz CT molecular complexity index is 834. The molecule has 0 radical (unpaired) electrons. The van der Waals surface area contributed by atoms with Gasteiger partial charge in [0, 0.05) is 37.4 Å². The molecule has 0 fully saturated rings. The van der Waals surface area contributed by atoms with Crippen LogP contribution < -0.4 is 16.0 Å². The van der Waals surface area contributed by atoms with Crippen LogP contribution in [0, 0.1) is 0 Å². The quantitative estimate of drug-likeness (QED) is 0.535. The molecular formula is C22H27N3O4. The summed E-state index contributed by atoms with van der Waals surface area (Å²) >= 11 is 0. The highest BCUT2D eigenvalue weighted by Gasteiger charge is 2.14. The summed E-state index contributed by atoms with van der Waals surface area (Å²) in [5.74, 6) is -0.687. The van der Waals surface area contributed by atoms with Crippen LogP contribution in [0.25, 0.3) is 0 Å². The molecule has 29 heavy (non-hydrogen) atoms. The van der Waals surface area contributed by atoms with Gasteiger partial charge in [-0.3, -0.25) is 14.4 Å². The maximum absolute atomic E-state index is 12.6. The van der Waals surface area contributed by atoms with Gasteiger partial charge in [-0.2, -0.15) is 0 Å². The van der Waals surface area contributed by atoms with Crippen molar-refractivity contribution in [3.05, 3.63) is 59.7 Å². The second-order valence-corrected chi connectivity index (χ2v) is 6.29. The molecule has 2 aromatic rings. The first-order valence-electron chi connectivity index (χ1n) is 9.71. The fourth-order valence-corrected chi connectivity index (χ4v) is 2.55. The molecule has 0 saturated carbocycles. The Morgan fingerprint density at radius 3 is 2.31 bits per heavy atom. The summed E-state index contributed by atoms with van der Waals surface area (Å²) in [5.41, 5.74) is 1.87. The van der Waals surface area contributed by atoms with Crippen molar-refractivity contribution < 1.29 is 19.1 Å². The van der Waals surface area contributed by atoms with Crippen molar-refractivity contribution in [2.45, 2.75) is 26.7 Å². The molecule has 3 amide bonds. The van der Waals surface area contributed by atoms with Crippen molar-refractivity contribution in [1.29, 1.82) is 0 Å². The Labute approximate surface area is 170 Å². The normalized spacial score (nSPS) is 10.3. The molecule has 0 unspecified atom stereocenters. The van der Waals surface area contributed by atoms with Crippen LogP contribution in [-0.4, -0.2) is 37.5 Å². The number of anilines is 2. The smallest absolute Gasteiger partial charge is 0.255 e. The molecule has 7 nitrogen and oxygen atoms in total. The molecule has 2 rings (SSSR count). The summed E-state index contributed by atoms with van der Waals surface area (Å²) in [6.07, 6.45) is 1.10. The van der Waals surface area contributed by atoms with Crippen LogP contribution in [0.3, 0.4) is 0 Å². The van der Waals surface area contributed by atoms with E-state index in [1.54, 1.807) is 55.5 Å². The van der Waals surface area contributed by atoms with Crippen molar-refractivity contribution in [3.63, 3.8) is 0 Å². The van der Waals surface area contributed by atoms with E-state index in [4.69, 9.17) is 4.74 Å². The van der Waals surface area contributed by atoms with Gasteiger partial charge in [-0.15, -0.1) is 0 Å². The van der Waals surface area contributed by atoms with Gasteiger partial charge in [-0.25, -0.2) is 0 Å². The third kappa shape index (κ3) is 7.04. The molecule has 0 aromatic heterocycles. The lowest BCUT2D eigenvalue weighted by molar-refractivity contribution is -0.115. The lowest BCUT2D eigenvalue weighted by atomic mass is 10.1. The van der Waals surface area contributed by atoms with Crippen LogP contribution in [0.5, 0.6) is 0 Å². The standard InChI is InChI=1S/C22H27N3O4/c1-3-20(26)24-17-12-10-16(11-13-17)21(27)25-19-9-6-5-8-18(19)22(28)23-14-7-15-29-4-2/h5-6,8-13H,3-4,7,14-15H2,1-2H3,(H,23,28)(H,24,26)(H,25,27). The molecule has 0 aliphatic heterocycles. The van der Waals surface area contributed by atoms with Gasteiger partial charge >= 0.3 is 0 Å². The summed E-state index contributed by atoms with van der Waals surface area (Å²) in [4.78, 5) is 36.4. The molecule has 0 saturated heterocycles. The fraction of sp³-hybridized carbons (Fsp3) is 0.318. The Kier molecular flexibility index (Phi) is 8.85. The zero-order valence-electron chi connectivity index (χ0n) is 16.8. The van der Waals surface area contributed by atoms with Crippen LogP contribution in [0.2, 0.25) is 0 Å². The zero-order valence-corrected chi connectivity index (χ0v) is 16.8. The number of amides is 3. The highest BCUT2D eigenvalue weighted by atomic mass is 16.5. The average molecular weight is 397 g/mol. The van der Waals surface area contributed by atoms with Gasteiger partial charge in [0.05, 0.1) is 11.3 Å². The average Bonchev–Trinajstić information content (AvgIpc) is 2.74. The number of para-hydroxylation sites is 1. The third-order valence-corrected chi connectivity index (χ3v) is 4.13. The summed E-state index contributed by atoms with van der Waals surface area (Å²) in [6.45, 7) is 5.42. The Morgan fingerprint density at radius 2 is 1.62 bits per heavy atom. The lowest BCUT2D eigenvalue weighted by Crippen LogP contribution is -2.26. The first-order valence-corrected chi connectivity index (χ1v) is 9.71. The summed E-state index contributed by atoms with van der Waals surface area (Å²) in [5, 5.41) is 8.34. The summed E-state index contributed by atoms with van der Waals surface area (Å²) in [7, 11) is 0. The van der Waals surface area contributed by atoms with Crippen LogP contribution in [0.15, 0.2) is 48.5 Å². The van der Waals surface area contributed by atoms with Gasteiger partial charge in [0.1, 0.15) is 0 Å². The maximum atomic E-state index is 12.6. The minimum absolute atomic E-state index is 0.0941. The van der Waals surface area contributed by atoms with E-state index in [2.05, 4.69) is 16.0 Å². The second-order valence-electron chi connectivity index (χ2n) is 6.29. The molecule has 7 heteroatoms. The first-order chi connectivity index (χ1) is 14.0. The molecule has 0 spiro atoms. The largest absolute Gasteiger partial charge is 0.382 e. The van der Waals surface area contributed by atoms with Crippen molar-refractivity contribution in [1.82, 2.24) is 5.32 Å². The fourth-order valence-electron chi connectivity index (χ4n) is 2.55. The number of carbonyl (C=O) groups is 3. The molecule has 154 valence electrons. The van der Waals surface area contributed by atoms with Gasteiger partial charge in [0.25, 0.3) is 11.8 Å². The third-order valence-electron chi connectivity index (χ3n) is 4.13. The van der Waals surface area contributed by atoms with Crippen molar-refractivity contribution in [2.75, 3.05) is 30.4 Å². The van der Waals surface area contributed by atoms with Gasteiger partial charge in [0.15, 0.2) is 0 Å². The molecular weight excluding hydrogens is 370 g/mol. The molecule has 0 bridgehead atoms. The van der Waals surface area contributed by atoms with Gasteiger partial charge in [-0.1, -0.05) is 19.1 Å². The van der Waals surface area contributed by atoms with Crippen molar-refractivity contribution in [2.24, 2.45) is 0 Å². The molecule has 2 aromatic carbocycles. The monoisotopic (exact) mass is 397 g/mol. The number of hydrogen-bond acceptors (Lipinski definition) is 4. The van der Waals surface area contributed by atoms with E-state index < -0.39 is 0 Å². The molecule has 0 atom stereocenters. The highest BCUT2D eigenvalue weighted by Crippen LogP contribution is 2.17. The Balaban J connectivity index is 1.99. The van der Waals surface area contributed by atoms with Gasteiger partial charge < -0.3 is 20.7 Å². The Morgan fingerprint density at radius 1 is 0.897 bits per heavy atom. The number of carbonyl (C=O) groups excluding carboxylic acids is 3. The maximum Gasteiger partial charge on any atom is 0.255 e. The number of ether oxygens (including phenoxy) is 1. The molecule has 3 N–H and O–H groups in total. The predicted molar refractivity (Wildman–Crippen MR) is 113 cm³/mol. The van der Waals surface area contributed by atoms with E-state index in [1.807, 2.05) is 6.92 Å².